The molecule has 1 amide bonds. The fraction of sp³-hybridized carbons (Fsp3) is 0.600. The highest BCUT2D eigenvalue weighted by atomic mass is 16.5. The molecule has 0 heterocycles. The van der Waals surface area contributed by atoms with Gasteiger partial charge in [-0.15, -0.1) is 0 Å². The molecule has 0 aliphatic heterocycles. The van der Waals surface area contributed by atoms with Crippen LogP contribution in [0.25, 0.3) is 0 Å². The van der Waals surface area contributed by atoms with Crippen LogP contribution in [-0.4, -0.2) is 37.8 Å². The van der Waals surface area contributed by atoms with E-state index in [0.29, 0.717) is 17.9 Å². The van der Waals surface area contributed by atoms with Gasteiger partial charge in [0.2, 0.25) is 0 Å². The molecule has 0 bridgehead atoms. The zero-order valence-electron chi connectivity index (χ0n) is 16.7. The van der Waals surface area contributed by atoms with Crippen LogP contribution in [0.15, 0.2) is 18.2 Å². The van der Waals surface area contributed by atoms with E-state index in [4.69, 9.17) is 14.2 Å². The van der Waals surface area contributed by atoms with Gasteiger partial charge in [-0.05, 0) is 44.9 Å². The van der Waals surface area contributed by atoms with Crippen molar-refractivity contribution in [2.75, 3.05) is 19.5 Å². The first-order valence-corrected chi connectivity index (χ1v) is 9.06. The number of methoxy groups -OCH3 is 2. The number of carbonyl (C=O) groups excluding carboxylic acids is 2. The van der Waals surface area contributed by atoms with Crippen molar-refractivity contribution < 1.29 is 23.8 Å². The fourth-order valence-electron chi connectivity index (χ4n) is 2.37. The molecule has 0 fully saturated rings. The Labute approximate surface area is 156 Å². The second-order valence-electron chi connectivity index (χ2n) is 6.53. The molecule has 146 valence electrons. The molecule has 1 N–H and O–H groups in total. The molecule has 1 aromatic rings. The van der Waals surface area contributed by atoms with Crippen molar-refractivity contribution in [1.29, 1.82) is 0 Å². The number of hydrogen-bond acceptors (Lipinski definition) is 5. The summed E-state index contributed by atoms with van der Waals surface area (Å²) in [5.74, 6) is -0.329. The van der Waals surface area contributed by atoms with Crippen molar-refractivity contribution >= 4 is 17.6 Å². The molecule has 0 radical (unpaired) electrons. The predicted molar refractivity (Wildman–Crippen MR) is 102 cm³/mol. The number of nitrogens with one attached hydrogen (secondary N) is 1. The van der Waals surface area contributed by atoms with Crippen LogP contribution >= 0.6 is 0 Å². The van der Waals surface area contributed by atoms with Crippen molar-refractivity contribution in [2.45, 2.75) is 65.1 Å². The van der Waals surface area contributed by atoms with Crippen molar-refractivity contribution in [3.63, 3.8) is 0 Å². The summed E-state index contributed by atoms with van der Waals surface area (Å²) in [5.41, 5.74) is -0.155. The van der Waals surface area contributed by atoms with Gasteiger partial charge in [0.05, 0.1) is 13.2 Å². The Hall–Kier alpha value is -2.08. The highest BCUT2D eigenvalue weighted by molar-refractivity contribution is 5.99. The average molecular weight is 365 g/mol. The third-order valence-electron chi connectivity index (χ3n) is 4.48. The molecule has 6 heteroatoms. The second kappa shape index (κ2) is 10.2. The largest absolute Gasteiger partial charge is 0.490 e. The van der Waals surface area contributed by atoms with Crippen LogP contribution in [0.3, 0.4) is 0 Å². The summed E-state index contributed by atoms with van der Waals surface area (Å²) in [6.07, 6.45) is 3.24. The van der Waals surface area contributed by atoms with E-state index < -0.39 is 11.6 Å². The van der Waals surface area contributed by atoms with Crippen molar-refractivity contribution in [1.82, 2.24) is 0 Å². The van der Waals surface area contributed by atoms with E-state index in [-0.39, 0.29) is 17.6 Å². The molecule has 0 aromatic heterocycles. The van der Waals surface area contributed by atoms with Gasteiger partial charge in [-0.1, -0.05) is 26.7 Å². The maximum atomic E-state index is 12.6. The molecule has 26 heavy (non-hydrogen) atoms. The van der Waals surface area contributed by atoms with Gasteiger partial charge >= 0.3 is 5.97 Å². The Morgan fingerprint density at radius 1 is 1.23 bits per heavy atom. The number of amides is 1. The number of unbranched alkanes of at least 4 members (excludes halogenated alkanes) is 1. The lowest BCUT2D eigenvalue weighted by atomic mass is 9.97. The minimum atomic E-state index is -0.923. The summed E-state index contributed by atoms with van der Waals surface area (Å²) in [7, 11) is 2.84. The van der Waals surface area contributed by atoms with Crippen LogP contribution in [0.4, 0.5) is 5.69 Å². The zero-order chi connectivity index (χ0) is 19.7. The number of anilines is 1. The second-order valence-corrected chi connectivity index (χ2v) is 6.53. The molecule has 1 aromatic carbocycles. The highest BCUT2D eigenvalue weighted by Crippen LogP contribution is 2.27. The van der Waals surface area contributed by atoms with E-state index >= 15 is 0 Å². The SMILES string of the molecule is CCCC[C@](C)(OC)C(=O)Nc1ccc(O[C@H](C)CC)c(C(=O)OC)c1. The minimum Gasteiger partial charge on any atom is -0.490 e. The molecule has 0 aliphatic carbocycles. The van der Waals surface area contributed by atoms with Gasteiger partial charge in [-0.25, -0.2) is 4.79 Å². The summed E-state index contributed by atoms with van der Waals surface area (Å²) < 4.78 is 16.1. The number of ether oxygens (including phenoxy) is 3. The number of benzene rings is 1. The molecule has 0 aliphatic rings. The van der Waals surface area contributed by atoms with E-state index in [2.05, 4.69) is 12.2 Å². The quantitative estimate of drug-likeness (QED) is 0.630. The number of hydrogen-bond donors (Lipinski definition) is 1. The van der Waals surface area contributed by atoms with Gasteiger partial charge in [0.1, 0.15) is 16.9 Å². The Bertz CT molecular complexity index is 616. The van der Waals surface area contributed by atoms with Crippen LogP contribution < -0.4 is 10.1 Å². The monoisotopic (exact) mass is 365 g/mol. The summed E-state index contributed by atoms with van der Waals surface area (Å²) in [5, 5.41) is 2.83. The van der Waals surface area contributed by atoms with Crippen LogP contribution in [0.1, 0.15) is 63.7 Å². The maximum absolute atomic E-state index is 12.6. The third-order valence-corrected chi connectivity index (χ3v) is 4.48. The van der Waals surface area contributed by atoms with Gasteiger partial charge in [0.15, 0.2) is 0 Å². The average Bonchev–Trinajstić information content (AvgIpc) is 2.66. The number of carbonyl (C=O) groups is 2. The van der Waals surface area contributed by atoms with Crippen LogP contribution in [0.5, 0.6) is 5.75 Å². The fourth-order valence-corrected chi connectivity index (χ4v) is 2.37. The van der Waals surface area contributed by atoms with Crippen LogP contribution in [0.2, 0.25) is 0 Å². The smallest absolute Gasteiger partial charge is 0.341 e. The van der Waals surface area contributed by atoms with Gasteiger partial charge in [-0.2, -0.15) is 0 Å². The van der Waals surface area contributed by atoms with E-state index in [1.165, 1.54) is 14.2 Å². The molecule has 6 nitrogen and oxygen atoms in total. The van der Waals surface area contributed by atoms with Crippen molar-refractivity contribution in [2.24, 2.45) is 0 Å². The molecule has 2 atom stereocenters. The predicted octanol–water partition coefficient (Wildman–Crippen LogP) is 4.18. The van der Waals surface area contributed by atoms with Crippen LogP contribution in [-0.2, 0) is 14.3 Å². The number of esters is 1. The minimum absolute atomic E-state index is 0.0373. The molecular formula is C20H31NO5. The summed E-state index contributed by atoms with van der Waals surface area (Å²) in [6.45, 7) is 7.75. The first-order valence-electron chi connectivity index (χ1n) is 9.06. The molecule has 0 saturated heterocycles. The summed E-state index contributed by atoms with van der Waals surface area (Å²) in [4.78, 5) is 24.7. The lowest BCUT2D eigenvalue weighted by Gasteiger charge is -2.27. The van der Waals surface area contributed by atoms with Gasteiger partial charge in [-0.3, -0.25) is 4.79 Å². The van der Waals surface area contributed by atoms with E-state index in [1.807, 2.05) is 13.8 Å². The van der Waals surface area contributed by atoms with E-state index in [1.54, 1.807) is 25.1 Å². The first kappa shape index (κ1) is 22.0. The normalized spacial score (nSPS) is 14.2. The van der Waals surface area contributed by atoms with E-state index in [9.17, 15) is 9.59 Å². The maximum Gasteiger partial charge on any atom is 0.341 e. The van der Waals surface area contributed by atoms with Crippen molar-refractivity contribution in [3.05, 3.63) is 23.8 Å². The molecule has 0 saturated carbocycles. The Kier molecular flexibility index (Phi) is 8.58. The Morgan fingerprint density at radius 2 is 1.92 bits per heavy atom. The van der Waals surface area contributed by atoms with E-state index in [0.717, 1.165) is 19.3 Å². The third kappa shape index (κ3) is 5.73. The lowest BCUT2D eigenvalue weighted by Crippen LogP contribution is -2.42. The molecule has 1 rings (SSSR count). The summed E-state index contributed by atoms with van der Waals surface area (Å²) in [6, 6.07) is 4.94. The van der Waals surface area contributed by atoms with Crippen LogP contribution in [0, 0.1) is 0 Å². The first-order chi connectivity index (χ1) is 12.3. The summed E-state index contributed by atoms with van der Waals surface area (Å²) >= 11 is 0. The molecule has 0 spiro atoms. The highest BCUT2D eigenvalue weighted by Gasteiger charge is 2.32. The standard InChI is InChI=1S/C20H31NO5/c1-7-9-12-20(4,25-6)19(23)21-15-10-11-17(26-14(3)8-2)16(13-15)18(22)24-5/h10-11,13-14H,7-9,12H2,1-6H3,(H,21,23)/t14-,20+/m1/s1. The van der Waals surface area contributed by atoms with Gasteiger partial charge < -0.3 is 19.5 Å². The zero-order valence-corrected chi connectivity index (χ0v) is 16.7. The van der Waals surface area contributed by atoms with Gasteiger partial charge in [0.25, 0.3) is 5.91 Å². The Morgan fingerprint density at radius 3 is 2.46 bits per heavy atom. The lowest BCUT2D eigenvalue weighted by molar-refractivity contribution is -0.136. The Balaban J connectivity index is 3.06. The molecule has 0 unspecified atom stereocenters. The topological polar surface area (TPSA) is 73.9 Å². The van der Waals surface area contributed by atoms with Crippen molar-refractivity contribution in [3.8, 4) is 5.75 Å². The van der Waals surface area contributed by atoms with Gasteiger partial charge in [0, 0.05) is 12.8 Å². The number of rotatable bonds is 10. The molecular weight excluding hydrogens is 334 g/mol.